The molecule has 4 nitrogen and oxygen atoms in total. The molecule has 0 bridgehead atoms. The van der Waals surface area contributed by atoms with Gasteiger partial charge in [-0.1, -0.05) is 6.07 Å². The van der Waals surface area contributed by atoms with Gasteiger partial charge in [0.1, 0.15) is 12.4 Å². The standard InChI is InChI=1S/C18H16N2O2/c21-18-9-14(20-17-10-19-7-6-16(17)18)11-22-15-5-4-12-2-1-3-13(12)8-15/h4-8,10H,1-3,9,11H2. The third-order valence-electron chi connectivity index (χ3n) is 4.22. The quantitative estimate of drug-likeness (QED) is 0.872. The molecule has 4 heteroatoms. The molecule has 0 N–H and O–H groups in total. The van der Waals surface area contributed by atoms with Gasteiger partial charge in [0.2, 0.25) is 0 Å². The highest BCUT2D eigenvalue weighted by Crippen LogP contribution is 2.27. The highest BCUT2D eigenvalue weighted by atomic mass is 16.5. The molecule has 22 heavy (non-hydrogen) atoms. The summed E-state index contributed by atoms with van der Waals surface area (Å²) in [6, 6.07) is 7.98. The Kier molecular flexibility index (Phi) is 3.22. The van der Waals surface area contributed by atoms with Gasteiger partial charge in [0, 0.05) is 11.8 Å². The fourth-order valence-electron chi connectivity index (χ4n) is 3.09. The number of fused-ring (bicyclic) bond motifs is 2. The van der Waals surface area contributed by atoms with E-state index in [4.69, 9.17) is 4.74 Å². The molecule has 2 heterocycles. The van der Waals surface area contributed by atoms with E-state index in [2.05, 4.69) is 22.1 Å². The molecule has 2 aliphatic rings. The summed E-state index contributed by atoms with van der Waals surface area (Å²) in [5, 5.41) is 0. The maximum atomic E-state index is 12.1. The zero-order chi connectivity index (χ0) is 14.9. The number of aromatic nitrogens is 1. The zero-order valence-corrected chi connectivity index (χ0v) is 12.2. The fraction of sp³-hybridized carbons (Fsp3) is 0.278. The Balaban J connectivity index is 1.51. The lowest BCUT2D eigenvalue weighted by atomic mass is 10.0. The van der Waals surface area contributed by atoms with Crippen LogP contribution in [0.2, 0.25) is 0 Å². The molecule has 0 radical (unpaired) electrons. The van der Waals surface area contributed by atoms with Crippen molar-refractivity contribution in [3.63, 3.8) is 0 Å². The molecule has 1 aromatic carbocycles. The van der Waals surface area contributed by atoms with E-state index in [0.29, 0.717) is 24.3 Å². The Morgan fingerprint density at radius 3 is 3.00 bits per heavy atom. The highest BCUT2D eigenvalue weighted by Gasteiger charge is 2.20. The monoisotopic (exact) mass is 292 g/mol. The summed E-state index contributed by atoms with van der Waals surface area (Å²) in [6.07, 6.45) is 7.09. The largest absolute Gasteiger partial charge is 0.488 e. The van der Waals surface area contributed by atoms with Crippen molar-refractivity contribution < 1.29 is 9.53 Å². The molecule has 1 aromatic heterocycles. The number of carbonyl (C=O) groups is 1. The SMILES string of the molecule is O=C1CC(COc2ccc3c(c2)CCC3)=Nc2cnccc21. The van der Waals surface area contributed by atoms with Gasteiger partial charge in [-0.3, -0.25) is 14.8 Å². The lowest BCUT2D eigenvalue weighted by molar-refractivity contribution is 0.0998. The first-order valence-corrected chi connectivity index (χ1v) is 7.58. The number of ether oxygens (including phenoxy) is 1. The number of rotatable bonds is 3. The second-order valence-corrected chi connectivity index (χ2v) is 5.74. The Hall–Kier alpha value is -2.49. The van der Waals surface area contributed by atoms with Crippen LogP contribution in [0.4, 0.5) is 5.69 Å². The Labute approximate surface area is 128 Å². The third kappa shape index (κ3) is 2.41. The van der Waals surface area contributed by atoms with Crippen molar-refractivity contribution in [1.29, 1.82) is 0 Å². The van der Waals surface area contributed by atoms with Crippen LogP contribution in [0.15, 0.2) is 41.7 Å². The maximum absolute atomic E-state index is 12.1. The van der Waals surface area contributed by atoms with Crippen LogP contribution in [0.3, 0.4) is 0 Å². The van der Waals surface area contributed by atoms with E-state index in [0.717, 1.165) is 17.9 Å². The number of pyridine rings is 1. The third-order valence-corrected chi connectivity index (χ3v) is 4.22. The van der Waals surface area contributed by atoms with Gasteiger partial charge >= 0.3 is 0 Å². The molecule has 1 aliphatic carbocycles. The van der Waals surface area contributed by atoms with Crippen molar-refractivity contribution in [2.75, 3.05) is 6.61 Å². The normalized spacial score (nSPS) is 16.0. The number of benzene rings is 1. The second-order valence-electron chi connectivity index (χ2n) is 5.74. The molecule has 4 rings (SSSR count). The van der Waals surface area contributed by atoms with E-state index < -0.39 is 0 Å². The van der Waals surface area contributed by atoms with Crippen molar-refractivity contribution in [2.45, 2.75) is 25.7 Å². The molecule has 0 fully saturated rings. The van der Waals surface area contributed by atoms with Crippen LogP contribution in [-0.4, -0.2) is 23.1 Å². The first kappa shape index (κ1) is 13.2. The minimum atomic E-state index is 0.0833. The fourth-order valence-corrected chi connectivity index (χ4v) is 3.09. The van der Waals surface area contributed by atoms with Crippen molar-refractivity contribution in [3.05, 3.63) is 53.3 Å². The number of aryl methyl sites for hydroxylation is 2. The van der Waals surface area contributed by atoms with Crippen LogP contribution in [0.25, 0.3) is 0 Å². The number of carbonyl (C=O) groups excluding carboxylic acids is 1. The molecule has 0 unspecified atom stereocenters. The lowest BCUT2D eigenvalue weighted by Crippen LogP contribution is -2.19. The molecule has 0 spiro atoms. The lowest BCUT2D eigenvalue weighted by Gasteiger charge is -2.15. The molecule has 0 atom stereocenters. The summed E-state index contributed by atoms with van der Waals surface area (Å²) in [6.45, 7) is 0.346. The Morgan fingerprint density at radius 2 is 2.05 bits per heavy atom. The van der Waals surface area contributed by atoms with E-state index in [-0.39, 0.29) is 5.78 Å². The number of hydrogen-bond donors (Lipinski definition) is 0. The van der Waals surface area contributed by atoms with Crippen LogP contribution in [-0.2, 0) is 12.8 Å². The number of nitrogens with zero attached hydrogens (tertiary/aromatic N) is 2. The van der Waals surface area contributed by atoms with Crippen molar-refractivity contribution in [1.82, 2.24) is 4.98 Å². The molecular formula is C18H16N2O2. The van der Waals surface area contributed by atoms with Gasteiger partial charge in [-0.25, -0.2) is 0 Å². The minimum Gasteiger partial charge on any atom is -0.488 e. The number of ketones is 1. The van der Waals surface area contributed by atoms with Gasteiger partial charge < -0.3 is 4.74 Å². The molecule has 0 amide bonds. The van der Waals surface area contributed by atoms with Crippen molar-refractivity contribution in [3.8, 4) is 5.75 Å². The molecule has 2 aromatic rings. The van der Waals surface area contributed by atoms with Crippen LogP contribution >= 0.6 is 0 Å². The van der Waals surface area contributed by atoms with E-state index >= 15 is 0 Å². The first-order chi connectivity index (χ1) is 10.8. The summed E-state index contributed by atoms with van der Waals surface area (Å²) in [7, 11) is 0. The van der Waals surface area contributed by atoms with Gasteiger partial charge in [-0.2, -0.15) is 0 Å². The van der Waals surface area contributed by atoms with E-state index in [1.54, 1.807) is 18.5 Å². The first-order valence-electron chi connectivity index (χ1n) is 7.58. The number of hydrogen-bond acceptors (Lipinski definition) is 4. The summed E-state index contributed by atoms with van der Waals surface area (Å²) in [4.78, 5) is 20.6. The van der Waals surface area contributed by atoms with E-state index in [1.165, 1.54) is 24.0 Å². The number of aliphatic imine (C=N–C) groups is 1. The van der Waals surface area contributed by atoms with Crippen molar-refractivity contribution in [2.24, 2.45) is 4.99 Å². The van der Waals surface area contributed by atoms with Gasteiger partial charge in [0.25, 0.3) is 0 Å². The molecule has 110 valence electrons. The van der Waals surface area contributed by atoms with E-state index in [9.17, 15) is 4.79 Å². The van der Waals surface area contributed by atoms with Crippen LogP contribution < -0.4 is 4.74 Å². The van der Waals surface area contributed by atoms with Gasteiger partial charge in [-0.05, 0) is 48.6 Å². The van der Waals surface area contributed by atoms with Gasteiger partial charge in [-0.15, -0.1) is 0 Å². The second kappa shape index (κ2) is 5.37. The zero-order valence-electron chi connectivity index (χ0n) is 12.2. The summed E-state index contributed by atoms with van der Waals surface area (Å²) < 4.78 is 5.83. The average molecular weight is 292 g/mol. The van der Waals surface area contributed by atoms with E-state index in [1.807, 2.05) is 6.07 Å². The molecule has 1 aliphatic heterocycles. The van der Waals surface area contributed by atoms with Gasteiger partial charge in [0.15, 0.2) is 5.78 Å². The van der Waals surface area contributed by atoms with Crippen LogP contribution in [0.5, 0.6) is 5.75 Å². The summed E-state index contributed by atoms with van der Waals surface area (Å²) in [5.74, 6) is 0.938. The molecular weight excluding hydrogens is 276 g/mol. The smallest absolute Gasteiger partial charge is 0.170 e. The predicted molar refractivity (Wildman–Crippen MR) is 84.2 cm³/mol. The molecule has 0 saturated heterocycles. The average Bonchev–Trinajstić information content (AvgIpc) is 3.00. The predicted octanol–water partition coefficient (Wildman–Crippen LogP) is 3.31. The topological polar surface area (TPSA) is 51.5 Å². The maximum Gasteiger partial charge on any atom is 0.170 e. The minimum absolute atomic E-state index is 0.0833. The molecule has 0 saturated carbocycles. The Morgan fingerprint density at radius 1 is 1.14 bits per heavy atom. The van der Waals surface area contributed by atoms with Crippen LogP contribution in [0.1, 0.15) is 34.3 Å². The summed E-state index contributed by atoms with van der Waals surface area (Å²) in [5.41, 5.74) is 4.86. The van der Waals surface area contributed by atoms with Crippen molar-refractivity contribution >= 4 is 17.2 Å². The Bertz CT molecular complexity index is 780. The summed E-state index contributed by atoms with van der Waals surface area (Å²) >= 11 is 0. The highest BCUT2D eigenvalue weighted by molar-refractivity contribution is 6.16. The van der Waals surface area contributed by atoms with Gasteiger partial charge in [0.05, 0.1) is 24.0 Å². The van der Waals surface area contributed by atoms with Crippen LogP contribution in [0, 0.1) is 0 Å². The number of Topliss-reactive ketones (excluding diaryl/α,β-unsaturated/α-hetero) is 1.